The van der Waals surface area contributed by atoms with Gasteiger partial charge in [0.25, 0.3) is 17.7 Å². The standard InChI is InChI=1S/C25H18N2O8/c28-19-5-1-13(9-22(29)30)7-18(19)26-23(31)15-3-4-16-17(10-15)25(33)27(24(16)32)11-14-2-6-20-21(8-14)35-12-34-20/h1-8,10,28H,9,11-12H2,(H,26,31)(H,29,30). The average Bonchev–Trinajstić information content (AvgIpc) is 3.39. The van der Waals surface area contributed by atoms with Crippen LogP contribution in [0.2, 0.25) is 0 Å². The van der Waals surface area contributed by atoms with Gasteiger partial charge in [-0.05, 0) is 53.6 Å². The highest BCUT2D eigenvalue weighted by Crippen LogP contribution is 2.34. The van der Waals surface area contributed by atoms with Crippen LogP contribution < -0.4 is 14.8 Å². The van der Waals surface area contributed by atoms with Crippen molar-refractivity contribution >= 4 is 29.4 Å². The van der Waals surface area contributed by atoms with Gasteiger partial charge in [0.05, 0.1) is 29.8 Å². The highest BCUT2D eigenvalue weighted by atomic mass is 16.7. The Bertz CT molecular complexity index is 1410. The van der Waals surface area contributed by atoms with Crippen molar-refractivity contribution in [3.63, 3.8) is 0 Å². The average molecular weight is 474 g/mol. The van der Waals surface area contributed by atoms with E-state index in [1.54, 1.807) is 18.2 Å². The zero-order valence-corrected chi connectivity index (χ0v) is 18.1. The van der Waals surface area contributed by atoms with Crippen LogP contribution in [0.4, 0.5) is 5.69 Å². The van der Waals surface area contributed by atoms with Crippen molar-refractivity contribution in [3.8, 4) is 17.2 Å². The Labute approximate surface area is 198 Å². The summed E-state index contributed by atoms with van der Waals surface area (Å²) in [6, 6.07) is 13.4. The van der Waals surface area contributed by atoms with Crippen molar-refractivity contribution in [1.82, 2.24) is 4.90 Å². The highest BCUT2D eigenvalue weighted by Gasteiger charge is 2.36. The van der Waals surface area contributed by atoms with Crippen LogP contribution in [-0.2, 0) is 17.8 Å². The van der Waals surface area contributed by atoms with Crippen LogP contribution in [0.15, 0.2) is 54.6 Å². The summed E-state index contributed by atoms with van der Waals surface area (Å²) >= 11 is 0. The number of aromatic hydroxyl groups is 1. The van der Waals surface area contributed by atoms with Gasteiger partial charge >= 0.3 is 5.97 Å². The molecule has 35 heavy (non-hydrogen) atoms. The summed E-state index contributed by atoms with van der Waals surface area (Å²) in [6.45, 7) is 0.132. The van der Waals surface area contributed by atoms with Crippen molar-refractivity contribution in [1.29, 1.82) is 0 Å². The quantitative estimate of drug-likeness (QED) is 0.366. The number of carbonyl (C=O) groups is 4. The summed E-state index contributed by atoms with van der Waals surface area (Å²) in [4.78, 5) is 50.7. The fourth-order valence-corrected chi connectivity index (χ4v) is 3.96. The lowest BCUT2D eigenvalue weighted by Crippen LogP contribution is -2.29. The molecule has 176 valence electrons. The zero-order chi connectivity index (χ0) is 24.7. The number of fused-ring (bicyclic) bond motifs is 2. The first-order valence-corrected chi connectivity index (χ1v) is 10.5. The summed E-state index contributed by atoms with van der Waals surface area (Å²) in [5.41, 5.74) is 1.46. The topological polar surface area (TPSA) is 142 Å². The number of phenols is 1. The van der Waals surface area contributed by atoms with Crippen molar-refractivity contribution < 1.29 is 38.9 Å². The fraction of sp³-hybridized carbons (Fsp3) is 0.120. The molecule has 10 nitrogen and oxygen atoms in total. The SMILES string of the molecule is O=C(O)Cc1ccc(O)c(NC(=O)c2ccc3c(c2)C(=O)N(Cc2ccc4c(c2)OCO4)C3=O)c1. The number of ether oxygens (including phenoxy) is 2. The second-order valence-electron chi connectivity index (χ2n) is 8.02. The third-order valence-electron chi connectivity index (χ3n) is 5.68. The van der Waals surface area contributed by atoms with Gasteiger partial charge in [-0.25, -0.2) is 0 Å². The summed E-state index contributed by atoms with van der Waals surface area (Å²) < 4.78 is 10.6. The Kier molecular flexibility index (Phi) is 5.33. The minimum Gasteiger partial charge on any atom is -0.506 e. The number of aliphatic carboxylic acids is 1. The third kappa shape index (κ3) is 4.12. The van der Waals surface area contributed by atoms with Crippen molar-refractivity contribution in [3.05, 3.63) is 82.4 Å². The maximum Gasteiger partial charge on any atom is 0.307 e. The Balaban J connectivity index is 1.35. The predicted octanol–water partition coefficient (Wildman–Crippen LogP) is 2.80. The molecule has 0 spiro atoms. The molecule has 2 aliphatic rings. The van der Waals surface area contributed by atoms with Gasteiger partial charge in [-0.3, -0.25) is 24.1 Å². The Hall–Kier alpha value is -4.86. The van der Waals surface area contributed by atoms with Crippen LogP contribution in [0, 0.1) is 0 Å². The van der Waals surface area contributed by atoms with Crippen molar-refractivity contribution in [2.75, 3.05) is 12.1 Å². The zero-order valence-electron chi connectivity index (χ0n) is 18.1. The lowest BCUT2D eigenvalue weighted by molar-refractivity contribution is -0.136. The largest absolute Gasteiger partial charge is 0.506 e. The van der Waals surface area contributed by atoms with Gasteiger partial charge in [0.15, 0.2) is 11.5 Å². The summed E-state index contributed by atoms with van der Waals surface area (Å²) in [6.07, 6.45) is -0.280. The van der Waals surface area contributed by atoms with E-state index >= 15 is 0 Å². The minimum atomic E-state index is -1.06. The molecule has 0 saturated carbocycles. The van der Waals surface area contributed by atoms with E-state index in [4.69, 9.17) is 14.6 Å². The van der Waals surface area contributed by atoms with E-state index in [2.05, 4.69) is 5.32 Å². The minimum absolute atomic E-state index is 0.0226. The molecule has 2 aliphatic heterocycles. The first-order valence-electron chi connectivity index (χ1n) is 10.5. The number of hydrogen-bond acceptors (Lipinski definition) is 7. The molecule has 5 rings (SSSR count). The normalized spacial score (nSPS) is 13.7. The second kappa shape index (κ2) is 8.49. The molecule has 3 N–H and O–H groups in total. The van der Waals surface area contributed by atoms with Crippen LogP contribution in [-0.4, -0.2) is 45.6 Å². The van der Waals surface area contributed by atoms with Crippen molar-refractivity contribution in [2.24, 2.45) is 0 Å². The van der Waals surface area contributed by atoms with Gasteiger partial charge in [0, 0.05) is 5.56 Å². The van der Waals surface area contributed by atoms with E-state index < -0.39 is 23.7 Å². The molecule has 3 aromatic rings. The molecule has 0 fully saturated rings. The van der Waals surface area contributed by atoms with Gasteiger partial charge in [-0.1, -0.05) is 12.1 Å². The number of imide groups is 1. The van der Waals surface area contributed by atoms with Gasteiger partial charge in [0.1, 0.15) is 5.75 Å². The number of anilines is 1. The number of carboxylic acids is 1. The molecule has 10 heteroatoms. The Morgan fingerprint density at radius 2 is 1.63 bits per heavy atom. The van der Waals surface area contributed by atoms with E-state index in [0.29, 0.717) is 22.6 Å². The smallest absolute Gasteiger partial charge is 0.307 e. The molecular formula is C25H18N2O8. The molecule has 3 amide bonds. The highest BCUT2D eigenvalue weighted by molar-refractivity contribution is 6.22. The van der Waals surface area contributed by atoms with E-state index in [1.807, 2.05) is 0 Å². The molecule has 0 unspecified atom stereocenters. The molecule has 0 atom stereocenters. The third-order valence-corrected chi connectivity index (χ3v) is 5.68. The van der Waals surface area contributed by atoms with Crippen LogP contribution >= 0.6 is 0 Å². The van der Waals surface area contributed by atoms with Crippen molar-refractivity contribution in [2.45, 2.75) is 13.0 Å². The number of nitrogens with zero attached hydrogens (tertiary/aromatic N) is 1. The second-order valence-corrected chi connectivity index (χ2v) is 8.02. The first-order chi connectivity index (χ1) is 16.8. The molecule has 0 saturated heterocycles. The lowest BCUT2D eigenvalue weighted by atomic mass is 10.0. The van der Waals surface area contributed by atoms with Crippen LogP contribution in [0.5, 0.6) is 17.2 Å². The van der Waals surface area contributed by atoms with E-state index in [0.717, 1.165) is 4.90 Å². The number of carboxylic acid groups (broad SMARTS) is 1. The molecule has 0 bridgehead atoms. The molecular weight excluding hydrogens is 456 g/mol. The van der Waals surface area contributed by atoms with E-state index in [9.17, 15) is 24.3 Å². The predicted molar refractivity (Wildman–Crippen MR) is 121 cm³/mol. The molecule has 0 aliphatic carbocycles. The number of benzene rings is 3. The van der Waals surface area contributed by atoms with Gasteiger partial charge < -0.3 is 25.0 Å². The lowest BCUT2D eigenvalue weighted by Gasteiger charge is -2.14. The van der Waals surface area contributed by atoms with E-state index in [-0.39, 0.29) is 47.9 Å². The molecule has 0 aromatic heterocycles. The fourth-order valence-electron chi connectivity index (χ4n) is 3.96. The van der Waals surface area contributed by atoms with Crippen LogP contribution in [0.25, 0.3) is 0 Å². The maximum absolute atomic E-state index is 13.0. The molecule has 0 radical (unpaired) electrons. The molecule has 2 heterocycles. The molecule has 3 aromatic carbocycles. The Morgan fingerprint density at radius 3 is 2.43 bits per heavy atom. The number of nitrogens with one attached hydrogen (secondary N) is 1. The first kappa shape index (κ1) is 22.0. The van der Waals surface area contributed by atoms with E-state index in [1.165, 1.54) is 36.4 Å². The van der Waals surface area contributed by atoms with Gasteiger partial charge in [-0.2, -0.15) is 0 Å². The number of phenolic OH excluding ortho intramolecular Hbond substituents is 1. The van der Waals surface area contributed by atoms with Crippen LogP contribution in [0.3, 0.4) is 0 Å². The summed E-state index contributed by atoms with van der Waals surface area (Å²) in [7, 11) is 0. The number of rotatable bonds is 6. The van der Waals surface area contributed by atoms with Gasteiger partial charge in [-0.15, -0.1) is 0 Å². The monoisotopic (exact) mass is 474 g/mol. The Morgan fingerprint density at radius 1 is 0.886 bits per heavy atom. The number of carbonyl (C=O) groups excluding carboxylic acids is 3. The number of hydrogen-bond donors (Lipinski definition) is 3. The van der Waals surface area contributed by atoms with Gasteiger partial charge in [0.2, 0.25) is 6.79 Å². The maximum atomic E-state index is 13.0. The van der Waals surface area contributed by atoms with Crippen LogP contribution in [0.1, 0.15) is 42.2 Å². The number of amides is 3. The summed E-state index contributed by atoms with van der Waals surface area (Å²) in [5, 5.41) is 21.5. The summed E-state index contributed by atoms with van der Waals surface area (Å²) in [5.74, 6) is -1.82.